The fourth-order valence-electron chi connectivity index (χ4n) is 0.813. The highest BCUT2D eigenvalue weighted by atomic mass is 35.5. The van der Waals surface area contributed by atoms with E-state index in [0.29, 0.717) is 0 Å². The molecule has 1 amide bonds. The fourth-order valence-corrected chi connectivity index (χ4v) is 0.914. The highest BCUT2D eigenvalue weighted by Gasteiger charge is 2.11. The molecule has 15 heavy (non-hydrogen) atoms. The number of hydrogen-bond donors (Lipinski definition) is 2. The van der Waals surface area contributed by atoms with Gasteiger partial charge in [0.2, 0.25) is 0 Å². The van der Waals surface area contributed by atoms with E-state index in [1.54, 1.807) is 0 Å². The van der Waals surface area contributed by atoms with Crippen molar-refractivity contribution in [1.29, 1.82) is 0 Å². The minimum atomic E-state index is -0.527. The molecule has 0 spiro atoms. The predicted octanol–water partition coefficient (Wildman–Crippen LogP) is -0.105. The van der Waals surface area contributed by atoms with E-state index >= 15 is 0 Å². The standard InChI is InChI=1S/C6H4ClN7O/c7-3-1-2-4(10-9-3)8-6(15)5-11-13-14-12-5/h1-2H,(H,8,10,15)(H,11,12,13,14). The van der Waals surface area contributed by atoms with Crippen LogP contribution in [0.15, 0.2) is 12.1 Å². The molecule has 0 atom stereocenters. The van der Waals surface area contributed by atoms with E-state index in [9.17, 15) is 4.79 Å². The number of aromatic nitrogens is 6. The molecule has 0 aliphatic carbocycles. The van der Waals surface area contributed by atoms with Crippen molar-refractivity contribution in [2.45, 2.75) is 0 Å². The van der Waals surface area contributed by atoms with Gasteiger partial charge in [-0.25, -0.2) is 0 Å². The molecule has 0 unspecified atom stereocenters. The van der Waals surface area contributed by atoms with Crippen LogP contribution >= 0.6 is 11.6 Å². The number of nitrogens with one attached hydrogen (secondary N) is 2. The Balaban J connectivity index is 2.09. The largest absolute Gasteiger partial charge is 0.302 e. The molecule has 2 rings (SSSR count). The van der Waals surface area contributed by atoms with Gasteiger partial charge in [-0.15, -0.1) is 20.4 Å². The van der Waals surface area contributed by atoms with Crippen molar-refractivity contribution in [1.82, 2.24) is 30.8 Å². The van der Waals surface area contributed by atoms with Gasteiger partial charge in [0.25, 0.3) is 11.7 Å². The fraction of sp³-hybridized carbons (Fsp3) is 0. The molecule has 0 saturated carbocycles. The van der Waals surface area contributed by atoms with Crippen molar-refractivity contribution in [3.8, 4) is 0 Å². The van der Waals surface area contributed by atoms with Crippen LogP contribution < -0.4 is 5.32 Å². The average molecular weight is 226 g/mol. The Morgan fingerprint density at radius 1 is 1.33 bits per heavy atom. The topological polar surface area (TPSA) is 109 Å². The molecule has 2 aromatic rings. The highest BCUT2D eigenvalue weighted by Crippen LogP contribution is 2.06. The minimum Gasteiger partial charge on any atom is -0.302 e. The number of tetrazole rings is 1. The van der Waals surface area contributed by atoms with Crippen LogP contribution in [-0.4, -0.2) is 36.7 Å². The number of nitrogens with zero attached hydrogens (tertiary/aromatic N) is 5. The summed E-state index contributed by atoms with van der Waals surface area (Å²) < 4.78 is 0. The molecule has 8 nitrogen and oxygen atoms in total. The summed E-state index contributed by atoms with van der Waals surface area (Å²) in [6.07, 6.45) is 0. The Kier molecular flexibility index (Phi) is 2.50. The number of aromatic amines is 1. The minimum absolute atomic E-state index is 0.0771. The van der Waals surface area contributed by atoms with Crippen LogP contribution in [0.5, 0.6) is 0 Å². The molecular formula is C6H4ClN7O. The molecule has 2 aromatic heterocycles. The predicted molar refractivity (Wildman–Crippen MR) is 49.2 cm³/mol. The molecule has 0 saturated heterocycles. The Labute approximate surface area is 88.0 Å². The Hall–Kier alpha value is -2.09. The molecule has 0 aliphatic heterocycles. The lowest BCUT2D eigenvalue weighted by Gasteiger charge is -1.98. The van der Waals surface area contributed by atoms with Crippen molar-refractivity contribution < 1.29 is 4.79 Å². The molecule has 0 fully saturated rings. The van der Waals surface area contributed by atoms with Crippen LogP contribution in [0.1, 0.15) is 10.6 Å². The SMILES string of the molecule is O=C(Nc1ccc(Cl)nn1)c1nn[nH]n1. The molecule has 0 radical (unpaired) electrons. The quantitative estimate of drug-likeness (QED) is 0.738. The molecular weight excluding hydrogens is 222 g/mol. The Morgan fingerprint density at radius 2 is 2.20 bits per heavy atom. The highest BCUT2D eigenvalue weighted by molar-refractivity contribution is 6.29. The van der Waals surface area contributed by atoms with E-state index in [1.807, 2.05) is 0 Å². The number of hydrogen-bond acceptors (Lipinski definition) is 6. The maximum Gasteiger partial charge on any atom is 0.298 e. The third kappa shape index (κ3) is 2.23. The van der Waals surface area contributed by atoms with Crippen molar-refractivity contribution in [2.24, 2.45) is 0 Å². The summed E-state index contributed by atoms with van der Waals surface area (Å²) in [4.78, 5) is 11.4. The second-order valence-corrected chi connectivity index (χ2v) is 2.82. The summed E-state index contributed by atoms with van der Waals surface area (Å²) in [6, 6.07) is 3.01. The van der Waals surface area contributed by atoms with Crippen LogP contribution in [0.25, 0.3) is 0 Å². The molecule has 0 bridgehead atoms. The van der Waals surface area contributed by atoms with Crippen LogP contribution in [0.3, 0.4) is 0 Å². The van der Waals surface area contributed by atoms with Gasteiger partial charge < -0.3 is 5.32 Å². The van der Waals surface area contributed by atoms with Gasteiger partial charge in [-0.1, -0.05) is 11.6 Å². The second-order valence-electron chi connectivity index (χ2n) is 2.43. The zero-order valence-corrected chi connectivity index (χ0v) is 7.93. The first-order valence-corrected chi connectivity index (χ1v) is 4.17. The van der Waals surface area contributed by atoms with Gasteiger partial charge in [-0.3, -0.25) is 4.79 Å². The first-order chi connectivity index (χ1) is 7.25. The van der Waals surface area contributed by atoms with Crippen LogP contribution in [-0.2, 0) is 0 Å². The van der Waals surface area contributed by atoms with E-state index in [2.05, 4.69) is 36.1 Å². The number of rotatable bonds is 2. The normalized spacial score (nSPS) is 9.93. The number of H-pyrrole nitrogens is 1. The van der Waals surface area contributed by atoms with E-state index in [1.165, 1.54) is 12.1 Å². The van der Waals surface area contributed by atoms with Crippen LogP contribution in [0.2, 0.25) is 5.15 Å². The van der Waals surface area contributed by atoms with Gasteiger partial charge in [-0.05, 0) is 17.3 Å². The summed E-state index contributed by atoms with van der Waals surface area (Å²) in [6.45, 7) is 0. The second kappa shape index (κ2) is 3.96. The number of anilines is 1. The summed E-state index contributed by atoms with van der Waals surface area (Å²) >= 11 is 5.52. The van der Waals surface area contributed by atoms with Gasteiger partial charge in [0, 0.05) is 0 Å². The third-order valence-corrected chi connectivity index (χ3v) is 1.62. The summed E-state index contributed by atoms with van der Waals surface area (Å²) in [7, 11) is 0. The summed E-state index contributed by atoms with van der Waals surface area (Å²) in [5, 5.41) is 22.2. The number of halogens is 1. The van der Waals surface area contributed by atoms with Crippen molar-refractivity contribution in [3.63, 3.8) is 0 Å². The molecule has 76 valence electrons. The third-order valence-electron chi connectivity index (χ3n) is 1.42. The van der Waals surface area contributed by atoms with E-state index in [4.69, 9.17) is 11.6 Å². The number of amides is 1. The number of carbonyl (C=O) groups excluding carboxylic acids is 1. The molecule has 0 aliphatic rings. The first kappa shape index (κ1) is 9.46. The van der Waals surface area contributed by atoms with E-state index < -0.39 is 5.91 Å². The van der Waals surface area contributed by atoms with Crippen LogP contribution in [0, 0.1) is 0 Å². The van der Waals surface area contributed by atoms with Crippen molar-refractivity contribution >= 4 is 23.3 Å². The van der Waals surface area contributed by atoms with Gasteiger partial charge in [0.1, 0.15) is 0 Å². The first-order valence-electron chi connectivity index (χ1n) is 3.80. The van der Waals surface area contributed by atoms with Gasteiger partial charge in [-0.2, -0.15) is 5.21 Å². The Bertz CT molecular complexity index is 453. The monoisotopic (exact) mass is 225 g/mol. The van der Waals surface area contributed by atoms with Gasteiger partial charge in [0.05, 0.1) is 0 Å². The average Bonchev–Trinajstić information content (AvgIpc) is 2.74. The maximum atomic E-state index is 11.4. The smallest absolute Gasteiger partial charge is 0.298 e. The zero-order chi connectivity index (χ0) is 10.7. The van der Waals surface area contributed by atoms with Crippen molar-refractivity contribution in [2.75, 3.05) is 5.32 Å². The molecule has 2 heterocycles. The van der Waals surface area contributed by atoms with Gasteiger partial charge >= 0.3 is 0 Å². The Morgan fingerprint density at radius 3 is 2.80 bits per heavy atom. The van der Waals surface area contributed by atoms with Crippen LogP contribution in [0.4, 0.5) is 5.82 Å². The van der Waals surface area contributed by atoms with Crippen molar-refractivity contribution in [3.05, 3.63) is 23.1 Å². The number of carbonyl (C=O) groups is 1. The van der Waals surface area contributed by atoms with E-state index in [-0.39, 0.29) is 16.8 Å². The lowest BCUT2D eigenvalue weighted by atomic mass is 10.5. The molecule has 2 N–H and O–H groups in total. The van der Waals surface area contributed by atoms with Gasteiger partial charge in [0.15, 0.2) is 11.0 Å². The maximum absolute atomic E-state index is 11.4. The zero-order valence-electron chi connectivity index (χ0n) is 7.18. The summed E-state index contributed by atoms with van der Waals surface area (Å²) in [5.41, 5.74) is 0. The van der Waals surface area contributed by atoms with E-state index in [0.717, 1.165) is 0 Å². The molecule has 0 aromatic carbocycles. The molecule has 9 heteroatoms. The lowest BCUT2D eigenvalue weighted by Crippen LogP contribution is -2.15. The summed E-state index contributed by atoms with van der Waals surface area (Å²) in [5.74, 6) is -0.346. The lowest BCUT2D eigenvalue weighted by molar-refractivity contribution is 0.101.